The summed E-state index contributed by atoms with van der Waals surface area (Å²) < 4.78 is 11.1. The molecule has 0 bridgehead atoms. The first kappa shape index (κ1) is 23.0. The Morgan fingerprint density at radius 1 is 1.03 bits per heavy atom. The van der Waals surface area contributed by atoms with Gasteiger partial charge in [0.1, 0.15) is 17.3 Å². The zero-order chi connectivity index (χ0) is 24.4. The summed E-state index contributed by atoms with van der Waals surface area (Å²) in [6.45, 7) is 3.92. The van der Waals surface area contributed by atoms with E-state index in [0.29, 0.717) is 22.6 Å². The molecular formula is C27H26N2O5. The molecule has 7 heteroatoms. The van der Waals surface area contributed by atoms with E-state index < -0.39 is 17.7 Å². The van der Waals surface area contributed by atoms with Gasteiger partial charge in [-0.2, -0.15) is 0 Å². The first-order chi connectivity index (χ1) is 16.4. The van der Waals surface area contributed by atoms with Gasteiger partial charge in [0.15, 0.2) is 0 Å². The molecule has 7 nitrogen and oxygen atoms in total. The highest BCUT2D eigenvalue weighted by Gasteiger charge is 2.47. The Hall–Kier alpha value is -4.13. The number of aliphatic hydroxyl groups is 1. The highest BCUT2D eigenvalue weighted by Crippen LogP contribution is 2.44. The Labute approximate surface area is 198 Å². The molecule has 2 aromatic carbocycles. The number of ketones is 1. The third-order valence-corrected chi connectivity index (χ3v) is 5.95. The predicted molar refractivity (Wildman–Crippen MR) is 128 cm³/mol. The number of ether oxygens (including phenoxy) is 2. The molecule has 0 spiro atoms. The Balaban J connectivity index is 1.97. The number of carbonyl (C=O) groups is 2. The van der Waals surface area contributed by atoms with E-state index in [0.717, 1.165) is 16.7 Å². The molecule has 0 saturated carbocycles. The third-order valence-electron chi connectivity index (χ3n) is 5.95. The molecule has 1 aliphatic rings. The Bertz CT molecular complexity index is 1280. The number of pyridine rings is 1. The summed E-state index contributed by atoms with van der Waals surface area (Å²) in [7, 11) is 3.04. The van der Waals surface area contributed by atoms with Crippen LogP contribution in [0.4, 0.5) is 0 Å². The molecule has 1 amide bonds. The number of rotatable bonds is 6. The van der Waals surface area contributed by atoms with Gasteiger partial charge in [-0.25, -0.2) is 0 Å². The van der Waals surface area contributed by atoms with E-state index >= 15 is 0 Å². The lowest BCUT2D eigenvalue weighted by molar-refractivity contribution is -0.140. The van der Waals surface area contributed by atoms with Gasteiger partial charge in [0, 0.05) is 24.5 Å². The van der Waals surface area contributed by atoms with Crippen molar-refractivity contribution in [3.63, 3.8) is 0 Å². The number of benzene rings is 2. The number of hydrogen-bond acceptors (Lipinski definition) is 6. The summed E-state index contributed by atoms with van der Waals surface area (Å²) in [5.41, 5.74) is 3.46. The minimum absolute atomic E-state index is 0.00754. The zero-order valence-electron chi connectivity index (χ0n) is 19.5. The van der Waals surface area contributed by atoms with E-state index in [1.165, 1.54) is 19.1 Å². The van der Waals surface area contributed by atoms with Gasteiger partial charge in [-0.3, -0.25) is 14.6 Å². The van der Waals surface area contributed by atoms with Crippen LogP contribution in [-0.2, 0) is 16.1 Å². The lowest BCUT2D eigenvalue weighted by atomic mass is 9.93. The second-order valence-electron chi connectivity index (χ2n) is 8.19. The summed E-state index contributed by atoms with van der Waals surface area (Å²) in [5, 5.41) is 11.5. The number of Topliss-reactive ketones (excluding diaryl/α,β-unsaturated/α-hetero) is 1. The number of methoxy groups -OCH3 is 2. The fourth-order valence-corrected chi connectivity index (χ4v) is 4.49. The number of nitrogens with zero attached hydrogens (tertiary/aromatic N) is 2. The maximum absolute atomic E-state index is 13.4. The lowest BCUT2D eigenvalue weighted by Crippen LogP contribution is -2.29. The molecule has 174 valence electrons. The van der Waals surface area contributed by atoms with Crippen molar-refractivity contribution in [2.24, 2.45) is 0 Å². The van der Waals surface area contributed by atoms with Crippen molar-refractivity contribution in [2.75, 3.05) is 14.2 Å². The molecule has 1 aliphatic heterocycles. The average Bonchev–Trinajstić information content (AvgIpc) is 3.08. The van der Waals surface area contributed by atoms with Gasteiger partial charge in [-0.1, -0.05) is 24.3 Å². The van der Waals surface area contributed by atoms with Gasteiger partial charge in [0.2, 0.25) is 0 Å². The van der Waals surface area contributed by atoms with E-state index in [9.17, 15) is 14.7 Å². The van der Waals surface area contributed by atoms with Gasteiger partial charge < -0.3 is 19.5 Å². The molecule has 1 fully saturated rings. The molecular weight excluding hydrogens is 432 g/mol. The fourth-order valence-electron chi connectivity index (χ4n) is 4.49. The Morgan fingerprint density at radius 2 is 1.74 bits per heavy atom. The van der Waals surface area contributed by atoms with Crippen LogP contribution in [0.5, 0.6) is 11.5 Å². The predicted octanol–water partition coefficient (Wildman–Crippen LogP) is 4.34. The SMILES string of the molecule is COc1ccccc1C1/C(=C(\O)c2cc(C)cc(C)c2OC)C(=O)C(=O)N1Cc1ccncc1. The third kappa shape index (κ3) is 4.01. The number of para-hydroxylation sites is 1. The molecule has 1 saturated heterocycles. The molecule has 0 radical (unpaired) electrons. The van der Waals surface area contributed by atoms with Crippen LogP contribution < -0.4 is 9.47 Å². The molecule has 4 rings (SSSR count). The van der Waals surface area contributed by atoms with Crippen LogP contribution >= 0.6 is 0 Å². The van der Waals surface area contributed by atoms with Crippen molar-refractivity contribution in [2.45, 2.75) is 26.4 Å². The number of aromatic nitrogens is 1. The van der Waals surface area contributed by atoms with Crippen LogP contribution in [0.3, 0.4) is 0 Å². The average molecular weight is 459 g/mol. The standard InChI is InChI=1S/C27H26N2O5/c1-16-13-17(2)26(34-4)20(14-16)24(30)22-23(19-7-5-6-8-21(19)33-3)29(27(32)25(22)31)15-18-9-11-28-12-10-18/h5-14,23,30H,15H2,1-4H3/b24-22+. The number of aryl methyl sites for hydroxylation is 2. The quantitative estimate of drug-likeness (QED) is 0.336. The van der Waals surface area contributed by atoms with Crippen molar-refractivity contribution in [3.05, 3.63) is 94.3 Å². The second-order valence-corrected chi connectivity index (χ2v) is 8.19. The second kappa shape index (κ2) is 9.39. The number of likely N-dealkylation sites (tertiary alicyclic amines) is 1. The van der Waals surface area contributed by atoms with Gasteiger partial charge in [0.25, 0.3) is 11.7 Å². The first-order valence-electron chi connectivity index (χ1n) is 10.8. The molecule has 3 aromatic rings. The van der Waals surface area contributed by atoms with Gasteiger partial charge in [-0.05, 0) is 54.8 Å². The summed E-state index contributed by atoms with van der Waals surface area (Å²) in [4.78, 5) is 32.1. The van der Waals surface area contributed by atoms with Gasteiger partial charge in [-0.15, -0.1) is 0 Å². The Kier molecular flexibility index (Phi) is 6.36. The molecule has 2 heterocycles. The van der Waals surface area contributed by atoms with Crippen molar-refractivity contribution in [3.8, 4) is 11.5 Å². The van der Waals surface area contributed by atoms with Crippen molar-refractivity contribution in [1.82, 2.24) is 9.88 Å². The first-order valence-corrected chi connectivity index (χ1v) is 10.8. The topological polar surface area (TPSA) is 89.0 Å². The minimum atomic E-state index is -0.852. The Morgan fingerprint density at radius 3 is 2.41 bits per heavy atom. The molecule has 1 unspecified atom stereocenters. The van der Waals surface area contributed by atoms with Crippen LogP contribution in [0.15, 0.2) is 66.5 Å². The number of amides is 1. The van der Waals surface area contributed by atoms with E-state index in [-0.39, 0.29) is 17.9 Å². The summed E-state index contributed by atoms with van der Waals surface area (Å²) in [6.07, 6.45) is 3.26. The monoisotopic (exact) mass is 458 g/mol. The van der Waals surface area contributed by atoms with Crippen LogP contribution in [-0.4, -0.2) is 40.9 Å². The van der Waals surface area contributed by atoms with Crippen molar-refractivity contribution >= 4 is 17.4 Å². The van der Waals surface area contributed by atoms with E-state index in [1.54, 1.807) is 42.7 Å². The van der Waals surface area contributed by atoms with Crippen LogP contribution in [0, 0.1) is 13.8 Å². The number of carbonyl (C=O) groups excluding carboxylic acids is 2. The van der Waals surface area contributed by atoms with E-state index in [1.807, 2.05) is 32.0 Å². The van der Waals surface area contributed by atoms with Crippen molar-refractivity contribution in [1.29, 1.82) is 0 Å². The summed E-state index contributed by atoms with van der Waals surface area (Å²) in [6, 6.07) is 13.6. The fraction of sp³-hybridized carbons (Fsp3) is 0.222. The van der Waals surface area contributed by atoms with Crippen LogP contribution in [0.2, 0.25) is 0 Å². The highest BCUT2D eigenvalue weighted by atomic mass is 16.5. The highest BCUT2D eigenvalue weighted by molar-refractivity contribution is 6.46. The van der Waals surface area contributed by atoms with Gasteiger partial charge in [0.05, 0.1) is 31.4 Å². The maximum atomic E-state index is 13.4. The van der Waals surface area contributed by atoms with Gasteiger partial charge >= 0.3 is 0 Å². The lowest BCUT2D eigenvalue weighted by Gasteiger charge is -2.27. The zero-order valence-corrected chi connectivity index (χ0v) is 19.5. The minimum Gasteiger partial charge on any atom is -0.507 e. The summed E-state index contributed by atoms with van der Waals surface area (Å²) in [5.74, 6) is -0.786. The smallest absolute Gasteiger partial charge is 0.295 e. The van der Waals surface area contributed by atoms with Crippen LogP contribution in [0.25, 0.3) is 5.76 Å². The number of hydrogen-bond donors (Lipinski definition) is 1. The molecule has 1 N–H and O–H groups in total. The number of aliphatic hydroxyl groups excluding tert-OH is 1. The van der Waals surface area contributed by atoms with Crippen molar-refractivity contribution < 1.29 is 24.2 Å². The molecule has 1 aromatic heterocycles. The van der Waals surface area contributed by atoms with E-state index in [4.69, 9.17) is 9.47 Å². The summed E-state index contributed by atoms with van der Waals surface area (Å²) >= 11 is 0. The largest absolute Gasteiger partial charge is 0.507 e. The molecule has 0 aliphatic carbocycles. The normalized spacial score (nSPS) is 17.2. The molecule has 34 heavy (non-hydrogen) atoms. The molecule has 1 atom stereocenters. The van der Waals surface area contributed by atoms with E-state index in [2.05, 4.69) is 4.98 Å². The maximum Gasteiger partial charge on any atom is 0.295 e. The van der Waals surface area contributed by atoms with Crippen LogP contribution in [0.1, 0.15) is 33.9 Å².